The largest absolute Gasteiger partial charge is 0.507 e. The molecular formula is C23H18FN3O4S. The minimum atomic E-state index is -0.944. The van der Waals surface area contributed by atoms with Gasteiger partial charge >= 0.3 is 5.91 Å². The number of hydrogen-bond acceptors (Lipinski definition) is 7. The number of aryl methyl sites for hydroxylation is 1. The van der Waals surface area contributed by atoms with Crippen molar-refractivity contribution >= 4 is 33.9 Å². The van der Waals surface area contributed by atoms with Crippen LogP contribution in [0.4, 0.5) is 9.52 Å². The van der Waals surface area contributed by atoms with Crippen LogP contribution in [0, 0.1) is 12.7 Å². The maximum absolute atomic E-state index is 13.4. The lowest BCUT2D eigenvalue weighted by molar-refractivity contribution is -0.132. The molecule has 7 nitrogen and oxygen atoms in total. The lowest BCUT2D eigenvalue weighted by Crippen LogP contribution is -2.29. The van der Waals surface area contributed by atoms with Gasteiger partial charge in [-0.1, -0.05) is 36.1 Å². The van der Waals surface area contributed by atoms with Crippen LogP contribution in [0.25, 0.3) is 5.76 Å². The Bertz CT molecular complexity index is 1220. The van der Waals surface area contributed by atoms with Crippen molar-refractivity contribution in [3.63, 3.8) is 0 Å². The number of aliphatic hydroxyl groups is 1. The van der Waals surface area contributed by atoms with Crippen LogP contribution >= 0.6 is 11.3 Å². The highest BCUT2D eigenvalue weighted by Crippen LogP contribution is 2.43. The maximum Gasteiger partial charge on any atom is 0.301 e. The average molecular weight is 451 g/mol. The van der Waals surface area contributed by atoms with Gasteiger partial charge in [0.1, 0.15) is 28.9 Å². The minimum Gasteiger partial charge on any atom is -0.507 e. The SMILES string of the molecule is C=CCOc1ccc(C2C(=C(O)c3ccc(F)cc3)C(=O)C(=O)N2c2nnc(C)s2)cc1. The molecule has 0 saturated carbocycles. The van der Waals surface area contributed by atoms with E-state index in [2.05, 4.69) is 16.8 Å². The molecule has 3 aromatic rings. The first-order valence-corrected chi connectivity index (χ1v) is 10.4. The molecule has 1 saturated heterocycles. The predicted octanol–water partition coefficient (Wildman–Crippen LogP) is 4.18. The first-order chi connectivity index (χ1) is 15.4. The van der Waals surface area contributed by atoms with Crippen LogP contribution in [0.5, 0.6) is 5.75 Å². The molecule has 1 aliphatic heterocycles. The Morgan fingerprint density at radius 1 is 1.19 bits per heavy atom. The summed E-state index contributed by atoms with van der Waals surface area (Å²) in [6.45, 7) is 5.67. The Labute approximate surface area is 187 Å². The zero-order valence-electron chi connectivity index (χ0n) is 17.0. The number of carbonyl (C=O) groups excluding carboxylic acids is 2. The monoisotopic (exact) mass is 451 g/mol. The third kappa shape index (κ3) is 3.90. The van der Waals surface area contributed by atoms with Gasteiger partial charge < -0.3 is 9.84 Å². The van der Waals surface area contributed by atoms with Gasteiger partial charge in [-0.2, -0.15) is 0 Å². The third-order valence-electron chi connectivity index (χ3n) is 4.85. The second kappa shape index (κ2) is 8.72. The van der Waals surface area contributed by atoms with Gasteiger partial charge in [0.05, 0.1) is 11.6 Å². The van der Waals surface area contributed by atoms with Crippen molar-refractivity contribution in [3.05, 3.63) is 88.7 Å². The number of amides is 1. The number of anilines is 1. The molecule has 1 amide bonds. The molecular weight excluding hydrogens is 433 g/mol. The van der Waals surface area contributed by atoms with E-state index >= 15 is 0 Å². The Hall–Kier alpha value is -3.85. The highest BCUT2D eigenvalue weighted by atomic mass is 32.1. The number of hydrogen-bond donors (Lipinski definition) is 1. The van der Waals surface area contributed by atoms with Gasteiger partial charge in [0.2, 0.25) is 5.13 Å². The number of ketones is 1. The van der Waals surface area contributed by atoms with Crippen LogP contribution in [-0.4, -0.2) is 33.6 Å². The second-order valence-corrected chi connectivity index (χ2v) is 8.11. The number of aliphatic hydroxyl groups excluding tert-OH is 1. The molecule has 1 aromatic heterocycles. The van der Waals surface area contributed by atoms with Gasteiger partial charge in [0.25, 0.3) is 5.78 Å². The van der Waals surface area contributed by atoms with E-state index in [1.54, 1.807) is 37.3 Å². The number of halogens is 1. The highest BCUT2D eigenvalue weighted by molar-refractivity contribution is 7.15. The van der Waals surface area contributed by atoms with Gasteiger partial charge in [0, 0.05) is 5.56 Å². The van der Waals surface area contributed by atoms with Gasteiger partial charge in [-0.05, 0) is 48.9 Å². The molecule has 0 spiro atoms. The first kappa shape index (κ1) is 21.4. The molecule has 4 rings (SSSR count). The Morgan fingerprint density at radius 2 is 1.88 bits per heavy atom. The van der Waals surface area contributed by atoms with Gasteiger partial charge in [0.15, 0.2) is 0 Å². The average Bonchev–Trinajstić information content (AvgIpc) is 3.33. The Kier molecular flexibility index (Phi) is 5.83. The topological polar surface area (TPSA) is 92.6 Å². The summed E-state index contributed by atoms with van der Waals surface area (Å²) >= 11 is 1.16. The fourth-order valence-electron chi connectivity index (χ4n) is 3.39. The molecule has 9 heteroatoms. The molecule has 162 valence electrons. The molecule has 2 heterocycles. The molecule has 0 bridgehead atoms. The zero-order chi connectivity index (χ0) is 22.8. The summed E-state index contributed by atoms with van der Waals surface area (Å²) in [5.41, 5.74) is 0.662. The summed E-state index contributed by atoms with van der Waals surface area (Å²) in [4.78, 5) is 27.2. The first-order valence-electron chi connectivity index (χ1n) is 9.61. The van der Waals surface area contributed by atoms with Crippen LogP contribution in [0.1, 0.15) is 22.2 Å². The highest BCUT2D eigenvalue weighted by Gasteiger charge is 2.48. The van der Waals surface area contributed by atoms with Crippen molar-refractivity contribution in [1.82, 2.24) is 10.2 Å². The van der Waals surface area contributed by atoms with E-state index in [1.807, 2.05) is 0 Å². The van der Waals surface area contributed by atoms with E-state index in [1.165, 1.54) is 29.2 Å². The summed E-state index contributed by atoms with van der Waals surface area (Å²) in [5, 5.41) is 19.8. The van der Waals surface area contributed by atoms with Crippen molar-refractivity contribution in [2.75, 3.05) is 11.5 Å². The van der Waals surface area contributed by atoms with E-state index in [4.69, 9.17) is 4.74 Å². The van der Waals surface area contributed by atoms with Crippen LogP contribution in [0.3, 0.4) is 0 Å². The van der Waals surface area contributed by atoms with E-state index in [0.717, 1.165) is 11.3 Å². The molecule has 32 heavy (non-hydrogen) atoms. The molecule has 1 atom stereocenters. The lowest BCUT2D eigenvalue weighted by atomic mass is 9.95. The normalized spacial score (nSPS) is 17.6. The summed E-state index contributed by atoms with van der Waals surface area (Å²) < 4.78 is 18.9. The van der Waals surface area contributed by atoms with Crippen molar-refractivity contribution < 1.29 is 23.8 Å². The third-order valence-corrected chi connectivity index (χ3v) is 5.69. The van der Waals surface area contributed by atoms with Crippen LogP contribution < -0.4 is 9.64 Å². The minimum absolute atomic E-state index is 0.116. The van der Waals surface area contributed by atoms with Crippen LogP contribution in [0.15, 0.2) is 66.8 Å². The number of nitrogens with zero attached hydrogens (tertiary/aromatic N) is 3. The van der Waals surface area contributed by atoms with Crippen LogP contribution in [-0.2, 0) is 9.59 Å². The number of benzene rings is 2. The van der Waals surface area contributed by atoms with Crippen molar-refractivity contribution in [2.45, 2.75) is 13.0 Å². The predicted molar refractivity (Wildman–Crippen MR) is 118 cm³/mol. The number of Topliss-reactive ketones (excluding diaryl/α,β-unsaturated/α-hetero) is 1. The molecule has 1 N–H and O–H groups in total. The maximum atomic E-state index is 13.4. The summed E-state index contributed by atoms with van der Waals surface area (Å²) in [6.07, 6.45) is 1.61. The number of ether oxygens (including phenoxy) is 1. The van der Waals surface area contributed by atoms with Crippen LogP contribution in [0.2, 0.25) is 0 Å². The van der Waals surface area contributed by atoms with Gasteiger partial charge in [-0.25, -0.2) is 4.39 Å². The number of rotatable bonds is 6. The molecule has 1 fully saturated rings. The molecule has 1 unspecified atom stereocenters. The number of carbonyl (C=O) groups is 2. The molecule has 0 radical (unpaired) electrons. The number of aromatic nitrogens is 2. The molecule has 2 aromatic carbocycles. The summed E-state index contributed by atoms with van der Waals surface area (Å²) in [5.74, 6) is -2.00. The van der Waals surface area contributed by atoms with Crippen molar-refractivity contribution in [2.24, 2.45) is 0 Å². The van der Waals surface area contributed by atoms with E-state index in [-0.39, 0.29) is 16.3 Å². The van der Waals surface area contributed by atoms with E-state index in [0.29, 0.717) is 22.9 Å². The summed E-state index contributed by atoms with van der Waals surface area (Å²) in [7, 11) is 0. The lowest BCUT2D eigenvalue weighted by Gasteiger charge is -2.22. The molecule has 1 aliphatic rings. The van der Waals surface area contributed by atoms with Gasteiger partial charge in [-0.3, -0.25) is 14.5 Å². The fourth-order valence-corrected chi connectivity index (χ4v) is 4.11. The van der Waals surface area contributed by atoms with E-state index < -0.39 is 29.3 Å². The van der Waals surface area contributed by atoms with Gasteiger partial charge in [-0.15, -0.1) is 10.2 Å². The standard InChI is InChI=1S/C23H18FN3O4S/c1-3-12-31-17-10-6-14(7-11-17)19-18(20(28)15-4-8-16(24)9-5-15)21(29)22(30)27(19)23-26-25-13(2)32-23/h3-11,19,28H,1,12H2,2H3. The van der Waals surface area contributed by atoms with E-state index in [9.17, 15) is 19.1 Å². The smallest absolute Gasteiger partial charge is 0.301 e. The van der Waals surface area contributed by atoms with Crippen molar-refractivity contribution in [1.29, 1.82) is 0 Å². The Balaban J connectivity index is 1.86. The fraction of sp³-hybridized carbons (Fsp3) is 0.130. The summed E-state index contributed by atoms with van der Waals surface area (Å²) in [6, 6.07) is 10.9. The zero-order valence-corrected chi connectivity index (χ0v) is 17.8. The van der Waals surface area contributed by atoms with Crippen molar-refractivity contribution in [3.8, 4) is 5.75 Å². The Morgan fingerprint density at radius 3 is 2.47 bits per heavy atom. The second-order valence-electron chi connectivity index (χ2n) is 6.95. The quantitative estimate of drug-likeness (QED) is 0.262. The molecule has 0 aliphatic carbocycles.